The monoisotopic (exact) mass is 541 g/mol. The van der Waals surface area contributed by atoms with Gasteiger partial charge in [-0.15, -0.1) is 0 Å². The van der Waals surface area contributed by atoms with Crippen LogP contribution >= 0.6 is 0 Å². The smallest absolute Gasteiger partial charge is 0.315 e. The van der Waals surface area contributed by atoms with Gasteiger partial charge in [0.25, 0.3) is 0 Å². The number of carbonyl (C=O) groups excluding carboxylic acids is 1. The first-order valence-electron chi connectivity index (χ1n) is 16.7. The zero-order valence-corrected chi connectivity index (χ0v) is 24.5. The van der Waals surface area contributed by atoms with Gasteiger partial charge in [-0.1, -0.05) is 106 Å². The molecule has 0 radical (unpaired) electrons. The van der Waals surface area contributed by atoms with Crippen molar-refractivity contribution in [1.82, 2.24) is 16.0 Å². The zero-order chi connectivity index (χ0) is 27.1. The molecular weight excluding hydrogens is 490 g/mol. The molecule has 3 saturated carbocycles. The highest BCUT2D eigenvalue weighted by Gasteiger charge is 2.34. The summed E-state index contributed by atoms with van der Waals surface area (Å²) in [6, 6.07) is 20.1. The van der Waals surface area contributed by atoms with E-state index < -0.39 is 0 Å². The third-order valence-electron chi connectivity index (χ3n) is 10.6. The van der Waals surface area contributed by atoms with Crippen LogP contribution in [0.25, 0.3) is 0 Å². The van der Waals surface area contributed by atoms with E-state index in [2.05, 4.69) is 64.5 Å². The summed E-state index contributed by atoms with van der Waals surface area (Å²) < 4.78 is 0. The van der Waals surface area contributed by atoms with Crippen molar-refractivity contribution < 1.29 is 4.79 Å². The summed E-state index contributed by atoms with van der Waals surface area (Å²) in [6.07, 6.45) is 20.6. The summed E-state index contributed by atoms with van der Waals surface area (Å²) in [5, 5.41) is 10.4. The zero-order valence-electron chi connectivity index (χ0n) is 24.5. The first-order chi connectivity index (χ1) is 19.7. The average molecular weight is 542 g/mol. The van der Waals surface area contributed by atoms with Gasteiger partial charge in [0, 0.05) is 30.6 Å². The maximum Gasteiger partial charge on any atom is 0.315 e. The molecule has 3 N–H and O–H groups in total. The molecule has 1 saturated heterocycles. The van der Waals surface area contributed by atoms with Crippen LogP contribution in [-0.4, -0.2) is 30.7 Å². The molecule has 6 rings (SSSR count). The molecule has 1 aliphatic heterocycles. The van der Waals surface area contributed by atoms with Crippen molar-refractivity contribution in [2.45, 2.75) is 139 Å². The largest absolute Gasteiger partial charge is 0.335 e. The van der Waals surface area contributed by atoms with E-state index in [4.69, 9.17) is 0 Å². The molecular formula is C36H51N3O. The minimum atomic E-state index is 0.0181. The van der Waals surface area contributed by atoms with Gasteiger partial charge in [-0.25, -0.2) is 4.79 Å². The van der Waals surface area contributed by atoms with Gasteiger partial charge in [-0.3, -0.25) is 0 Å². The molecule has 4 fully saturated rings. The summed E-state index contributed by atoms with van der Waals surface area (Å²) >= 11 is 0. The van der Waals surface area contributed by atoms with Crippen LogP contribution in [0.1, 0.15) is 143 Å². The summed E-state index contributed by atoms with van der Waals surface area (Å²) in [6.45, 7) is 0.833. The fraction of sp³-hybridized carbons (Fsp3) is 0.639. The second-order valence-electron chi connectivity index (χ2n) is 13.4. The van der Waals surface area contributed by atoms with E-state index >= 15 is 0 Å². The van der Waals surface area contributed by atoms with Gasteiger partial charge in [0.2, 0.25) is 0 Å². The van der Waals surface area contributed by atoms with Gasteiger partial charge in [-0.05, 0) is 79.0 Å². The lowest BCUT2D eigenvalue weighted by molar-refractivity contribution is 0.229. The van der Waals surface area contributed by atoms with Crippen LogP contribution in [-0.2, 0) is 0 Å². The molecule has 40 heavy (non-hydrogen) atoms. The second-order valence-corrected chi connectivity index (χ2v) is 13.4. The number of hydrogen-bond donors (Lipinski definition) is 3. The number of benzene rings is 2. The maximum absolute atomic E-state index is 12.8. The molecule has 4 aliphatic rings. The van der Waals surface area contributed by atoms with Crippen molar-refractivity contribution in [1.29, 1.82) is 0 Å². The van der Waals surface area contributed by atoms with Crippen LogP contribution in [0.4, 0.5) is 4.79 Å². The number of nitrogens with one attached hydrogen (secondary N) is 3. The molecule has 4 heteroatoms. The highest BCUT2D eigenvalue weighted by Crippen LogP contribution is 2.38. The fourth-order valence-corrected chi connectivity index (χ4v) is 8.27. The Bertz CT molecular complexity index is 1000. The van der Waals surface area contributed by atoms with Gasteiger partial charge in [-0.2, -0.15) is 0 Å². The molecule has 2 atom stereocenters. The van der Waals surface area contributed by atoms with Crippen molar-refractivity contribution >= 4 is 6.03 Å². The second kappa shape index (κ2) is 13.6. The number of urea groups is 1. The molecule has 4 nitrogen and oxygen atoms in total. The van der Waals surface area contributed by atoms with E-state index in [9.17, 15) is 4.79 Å². The first-order valence-corrected chi connectivity index (χ1v) is 16.7. The summed E-state index contributed by atoms with van der Waals surface area (Å²) in [5.74, 6) is 1.75. The molecule has 2 aromatic rings. The Morgan fingerprint density at radius 2 is 1.05 bits per heavy atom. The van der Waals surface area contributed by atoms with Crippen molar-refractivity contribution in [2.24, 2.45) is 0 Å². The van der Waals surface area contributed by atoms with Crippen molar-refractivity contribution in [2.75, 3.05) is 6.54 Å². The van der Waals surface area contributed by atoms with E-state index in [1.807, 2.05) is 0 Å². The molecule has 216 valence electrons. The Hall–Kier alpha value is -2.33. The number of hydrogen-bond acceptors (Lipinski definition) is 2. The van der Waals surface area contributed by atoms with Gasteiger partial charge in [0.15, 0.2) is 0 Å². The minimum absolute atomic E-state index is 0.0181. The van der Waals surface area contributed by atoms with Crippen LogP contribution < -0.4 is 16.0 Å². The minimum Gasteiger partial charge on any atom is -0.335 e. The SMILES string of the molecule is O=C(NC1CCCCC1)N[C@H]1CN[C@@H](C(c2ccc(C3CCCCC3)cc2)c2ccc(C3CCCCC3)cc2)C1. The van der Waals surface area contributed by atoms with Gasteiger partial charge in [0.1, 0.15) is 0 Å². The van der Waals surface area contributed by atoms with Crippen LogP contribution in [0.5, 0.6) is 0 Å². The Kier molecular flexibility index (Phi) is 9.43. The Labute approximate surface area is 242 Å². The number of carbonyl (C=O) groups is 1. The normalized spacial score (nSPS) is 25.2. The van der Waals surface area contributed by atoms with Crippen LogP contribution in [0, 0.1) is 0 Å². The van der Waals surface area contributed by atoms with E-state index in [0.717, 1.165) is 37.6 Å². The standard InChI is InChI=1S/C36H51N3O/c40-36(38-32-14-8-3-9-15-32)39-33-24-34(37-25-33)35(30-20-16-28(17-21-30)26-10-4-1-5-11-26)31-22-18-29(19-23-31)27-12-6-2-7-13-27/h16-23,26-27,32-35,37H,1-15,24-25H2,(H2,38,39,40)/t33-,34-/m1/s1. The van der Waals surface area contributed by atoms with Crippen molar-refractivity contribution in [3.63, 3.8) is 0 Å². The number of amides is 2. The molecule has 0 unspecified atom stereocenters. The van der Waals surface area contributed by atoms with Crippen LogP contribution in [0.2, 0.25) is 0 Å². The van der Waals surface area contributed by atoms with Crippen LogP contribution in [0.15, 0.2) is 48.5 Å². The quantitative estimate of drug-likeness (QED) is 0.330. The molecule has 0 aromatic heterocycles. The third kappa shape index (κ3) is 6.93. The van der Waals surface area contributed by atoms with E-state index in [1.165, 1.54) is 106 Å². The van der Waals surface area contributed by atoms with Crippen molar-refractivity contribution in [3.8, 4) is 0 Å². The fourth-order valence-electron chi connectivity index (χ4n) is 8.27. The van der Waals surface area contributed by atoms with E-state index in [1.54, 1.807) is 0 Å². The molecule has 1 heterocycles. The lowest BCUT2D eigenvalue weighted by Gasteiger charge is -2.28. The molecule has 2 amide bonds. The van der Waals surface area contributed by atoms with Gasteiger partial charge >= 0.3 is 6.03 Å². The Morgan fingerprint density at radius 3 is 1.55 bits per heavy atom. The van der Waals surface area contributed by atoms with Gasteiger partial charge in [0.05, 0.1) is 0 Å². The lowest BCUT2D eigenvalue weighted by atomic mass is 9.79. The Morgan fingerprint density at radius 1 is 0.600 bits per heavy atom. The topological polar surface area (TPSA) is 53.2 Å². The third-order valence-corrected chi connectivity index (χ3v) is 10.6. The molecule has 0 spiro atoms. The lowest BCUT2D eigenvalue weighted by Crippen LogP contribution is -2.47. The van der Waals surface area contributed by atoms with Gasteiger partial charge < -0.3 is 16.0 Å². The van der Waals surface area contributed by atoms with Crippen molar-refractivity contribution in [3.05, 3.63) is 70.8 Å². The predicted molar refractivity (Wildman–Crippen MR) is 165 cm³/mol. The summed E-state index contributed by atoms with van der Waals surface area (Å²) in [7, 11) is 0. The highest BCUT2D eigenvalue weighted by atomic mass is 16.2. The molecule has 0 bridgehead atoms. The van der Waals surface area contributed by atoms with E-state index in [-0.39, 0.29) is 18.0 Å². The maximum atomic E-state index is 12.8. The Balaban J connectivity index is 1.17. The first kappa shape index (κ1) is 27.8. The summed E-state index contributed by atoms with van der Waals surface area (Å²) in [5.41, 5.74) is 5.84. The highest BCUT2D eigenvalue weighted by molar-refractivity contribution is 5.74. The average Bonchev–Trinajstić information content (AvgIpc) is 3.47. The van der Waals surface area contributed by atoms with Crippen LogP contribution in [0.3, 0.4) is 0 Å². The van der Waals surface area contributed by atoms with E-state index in [0.29, 0.717) is 12.1 Å². The summed E-state index contributed by atoms with van der Waals surface area (Å²) in [4.78, 5) is 12.8. The number of rotatable bonds is 7. The molecule has 2 aromatic carbocycles. The predicted octanol–water partition coefficient (Wildman–Crippen LogP) is 8.28. The molecule has 3 aliphatic carbocycles.